The van der Waals surface area contributed by atoms with E-state index in [1.165, 1.54) is 38.5 Å². The van der Waals surface area contributed by atoms with Crippen molar-refractivity contribution in [2.75, 3.05) is 13.2 Å². The largest absolute Gasteiger partial charge is 0.375 e. The van der Waals surface area contributed by atoms with Crippen LogP contribution >= 0.6 is 15.9 Å². The van der Waals surface area contributed by atoms with Crippen molar-refractivity contribution in [3.05, 3.63) is 0 Å². The lowest BCUT2D eigenvalue weighted by molar-refractivity contribution is -0.138. The van der Waals surface area contributed by atoms with Crippen molar-refractivity contribution >= 4 is 15.9 Å². The van der Waals surface area contributed by atoms with Gasteiger partial charge < -0.3 is 9.47 Å². The van der Waals surface area contributed by atoms with Crippen LogP contribution in [0.3, 0.4) is 0 Å². The third kappa shape index (κ3) is 3.29. The highest BCUT2D eigenvalue weighted by molar-refractivity contribution is 9.09. The van der Waals surface area contributed by atoms with E-state index < -0.39 is 0 Å². The van der Waals surface area contributed by atoms with Crippen LogP contribution in [0.4, 0.5) is 0 Å². The van der Waals surface area contributed by atoms with Crippen molar-refractivity contribution in [1.29, 1.82) is 0 Å². The highest BCUT2D eigenvalue weighted by Gasteiger charge is 2.54. The number of rotatable bonds is 4. The molecule has 0 saturated heterocycles. The average molecular weight is 319 g/mol. The fraction of sp³-hybridized carbons (Fsp3) is 1.00. The van der Waals surface area contributed by atoms with E-state index in [9.17, 15) is 0 Å². The third-order valence-corrected chi connectivity index (χ3v) is 5.69. The Morgan fingerprint density at radius 3 is 2.33 bits per heavy atom. The van der Waals surface area contributed by atoms with Gasteiger partial charge in [0, 0.05) is 10.2 Å². The van der Waals surface area contributed by atoms with E-state index in [0.717, 1.165) is 6.61 Å². The lowest BCUT2D eigenvalue weighted by Crippen LogP contribution is -2.56. The van der Waals surface area contributed by atoms with E-state index in [1.807, 2.05) is 0 Å². The Morgan fingerprint density at radius 2 is 1.78 bits per heavy atom. The summed E-state index contributed by atoms with van der Waals surface area (Å²) in [5.41, 5.74) is 0.392. The first-order valence-electron chi connectivity index (χ1n) is 7.34. The second-order valence-corrected chi connectivity index (χ2v) is 7.92. The summed E-state index contributed by atoms with van der Waals surface area (Å²) in [5, 5.41) is 0. The molecule has 2 atom stereocenters. The smallest absolute Gasteiger partial charge is 0.0707 e. The van der Waals surface area contributed by atoms with E-state index in [2.05, 4.69) is 36.7 Å². The van der Waals surface area contributed by atoms with Crippen LogP contribution in [0.2, 0.25) is 0 Å². The molecule has 2 unspecified atom stereocenters. The van der Waals surface area contributed by atoms with Gasteiger partial charge in [0.15, 0.2) is 0 Å². The molecule has 0 amide bonds. The van der Waals surface area contributed by atoms with Crippen molar-refractivity contribution < 1.29 is 9.47 Å². The summed E-state index contributed by atoms with van der Waals surface area (Å²) in [4.78, 5) is 0.679. The maximum Gasteiger partial charge on any atom is 0.0707 e. The quantitative estimate of drug-likeness (QED) is 0.568. The SMILES string of the molecule is CC(C)(C)OCCOC1CC(Br)C12CCCCC2. The molecule has 0 aliphatic heterocycles. The van der Waals surface area contributed by atoms with Crippen molar-refractivity contribution in [2.24, 2.45) is 5.41 Å². The van der Waals surface area contributed by atoms with Crippen LogP contribution < -0.4 is 0 Å². The highest BCUT2D eigenvalue weighted by Crippen LogP contribution is 2.56. The Kier molecular flexibility index (Phi) is 4.77. The van der Waals surface area contributed by atoms with Crippen LogP contribution in [0.5, 0.6) is 0 Å². The average Bonchev–Trinajstić information content (AvgIpc) is 2.33. The molecule has 0 heterocycles. The summed E-state index contributed by atoms with van der Waals surface area (Å²) in [6, 6.07) is 0. The van der Waals surface area contributed by atoms with Gasteiger partial charge in [-0.15, -0.1) is 0 Å². The molecule has 2 aliphatic carbocycles. The predicted octanol–water partition coefficient (Wildman–Crippen LogP) is 4.30. The molecule has 1 spiro atoms. The lowest BCUT2D eigenvalue weighted by atomic mass is 9.58. The first-order chi connectivity index (χ1) is 8.44. The predicted molar refractivity (Wildman–Crippen MR) is 78.3 cm³/mol. The van der Waals surface area contributed by atoms with Crippen LogP contribution in [-0.2, 0) is 9.47 Å². The van der Waals surface area contributed by atoms with Gasteiger partial charge in [-0.3, -0.25) is 0 Å². The lowest BCUT2D eigenvalue weighted by Gasteiger charge is -2.55. The van der Waals surface area contributed by atoms with Gasteiger partial charge in [-0.1, -0.05) is 35.2 Å². The molecule has 0 aromatic heterocycles. The molecule has 0 aromatic carbocycles. The second-order valence-electron chi connectivity index (χ2n) is 6.82. The topological polar surface area (TPSA) is 18.5 Å². The van der Waals surface area contributed by atoms with E-state index in [-0.39, 0.29) is 5.60 Å². The maximum absolute atomic E-state index is 6.08. The van der Waals surface area contributed by atoms with Gasteiger partial charge in [0.25, 0.3) is 0 Å². The summed E-state index contributed by atoms with van der Waals surface area (Å²) < 4.78 is 11.8. The van der Waals surface area contributed by atoms with Gasteiger partial charge in [-0.05, 0) is 40.0 Å². The zero-order valence-electron chi connectivity index (χ0n) is 12.0. The second kappa shape index (κ2) is 5.80. The molecule has 0 bridgehead atoms. The van der Waals surface area contributed by atoms with Gasteiger partial charge in [0.2, 0.25) is 0 Å². The van der Waals surface area contributed by atoms with Gasteiger partial charge in [-0.25, -0.2) is 0 Å². The Hall–Kier alpha value is 0.400. The number of hydrogen-bond acceptors (Lipinski definition) is 2. The third-order valence-electron chi connectivity index (χ3n) is 4.41. The number of halogens is 1. The maximum atomic E-state index is 6.08. The van der Waals surface area contributed by atoms with Gasteiger partial charge >= 0.3 is 0 Å². The molecule has 0 aromatic rings. The molecule has 18 heavy (non-hydrogen) atoms. The molecule has 106 valence electrons. The first kappa shape index (κ1) is 14.8. The molecule has 0 radical (unpaired) electrons. The van der Waals surface area contributed by atoms with Crippen LogP contribution in [0, 0.1) is 5.41 Å². The van der Waals surface area contributed by atoms with E-state index in [1.54, 1.807) is 0 Å². The molecule has 2 fully saturated rings. The summed E-state index contributed by atoms with van der Waals surface area (Å²) in [7, 11) is 0. The Labute approximate surface area is 120 Å². The summed E-state index contributed by atoms with van der Waals surface area (Å²) >= 11 is 3.85. The van der Waals surface area contributed by atoms with Gasteiger partial charge in [0.1, 0.15) is 0 Å². The monoisotopic (exact) mass is 318 g/mol. The summed E-state index contributed by atoms with van der Waals surface area (Å²) in [6.07, 6.45) is 8.48. The number of ether oxygens (including phenoxy) is 2. The van der Waals surface area contributed by atoms with E-state index in [4.69, 9.17) is 9.47 Å². The molecule has 2 nitrogen and oxygen atoms in total. The fourth-order valence-corrected chi connectivity index (χ4v) is 4.41. The van der Waals surface area contributed by atoms with Crippen LogP contribution in [0.15, 0.2) is 0 Å². The molecular formula is C15H27BrO2. The minimum atomic E-state index is -0.0521. The normalized spacial score (nSPS) is 31.3. The van der Waals surface area contributed by atoms with Crippen molar-refractivity contribution in [1.82, 2.24) is 0 Å². The Bertz CT molecular complexity index is 266. The van der Waals surface area contributed by atoms with Gasteiger partial charge in [0.05, 0.1) is 24.9 Å². The van der Waals surface area contributed by atoms with Crippen LogP contribution in [0.25, 0.3) is 0 Å². The molecular weight excluding hydrogens is 292 g/mol. The van der Waals surface area contributed by atoms with Crippen molar-refractivity contribution in [3.63, 3.8) is 0 Å². The summed E-state index contributed by atoms with van der Waals surface area (Å²) in [6.45, 7) is 7.72. The summed E-state index contributed by atoms with van der Waals surface area (Å²) in [5.74, 6) is 0. The van der Waals surface area contributed by atoms with Crippen LogP contribution in [-0.4, -0.2) is 29.7 Å². The minimum absolute atomic E-state index is 0.0521. The number of alkyl halides is 1. The van der Waals surface area contributed by atoms with Crippen molar-refractivity contribution in [3.8, 4) is 0 Å². The Balaban J connectivity index is 1.73. The molecule has 2 aliphatic rings. The fourth-order valence-electron chi connectivity index (χ4n) is 3.32. The molecule has 0 N–H and O–H groups in total. The molecule has 2 saturated carbocycles. The molecule has 3 heteroatoms. The van der Waals surface area contributed by atoms with Crippen LogP contribution in [0.1, 0.15) is 59.3 Å². The minimum Gasteiger partial charge on any atom is -0.375 e. The standard InChI is InChI=1S/C15H27BrO2/c1-14(2,3)18-10-9-17-13-11-12(16)15(13)7-5-4-6-8-15/h12-13H,4-11H2,1-3H3. The zero-order chi connectivity index (χ0) is 13.2. The van der Waals surface area contributed by atoms with E-state index in [0.29, 0.717) is 23.0 Å². The van der Waals surface area contributed by atoms with Crippen molar-refractivity contribution in [2.45, 2.75) is 75.8 Å². The first-order valence-corrected chi connectivity index (χ1v) is 8.25. The van der Waals surface area contributed by atoms with Gasteiger partial charge in [-0.2, -0.15) is 0 Å². The molecule has 2 rings (SSSR count). The highest BCUT2D eigenvalue weighted by atomic mass is 79.9. The van der Waals surface area contributed by atoms with E-state index >= 15 is 0 Å². The number of hydrogen-bond donors (Lipinski definition) is 0. The zero-order valence-corrected chi connectivity index (χ0v) is 13.6. The Morgan fingerprint density at radius 1 is 1.11 bits per heavy atom.